The van der Waals surface area contributed by atoms with Crippen molar-refractivity contribution in [2.24, 2.45) is 12.0 Å². The van der Waals surface area contributed by atoms with Crippen molar-refractivity contribution in [1.29, 1.82) is 0 Å². The van der Waals surface area contributed by atoms with Crippen molar-refractivity contribution < 1.29 is 13.2 Å². The van der Waals surface area contributed by atoms with Crippen molar-refractivity contribution in [3.8, 4) is 0 Å². The van der Waals surface area contributed by atoms with Crippen molar-refractivity contribution in [2.45, 2.75) is 18.7 Å². The highest BCUT2D eigenvalue weighted by Crippen LogP contribution is 2.28. The van der Waals surface area contributed by atoms with Crippen LogP contribution in [0.3, 0.4) is 0 Å². The van der Waals surface area contributed by atoms with Gasteiger partial charge in [0.2, 0.25) is 0 Å². The molecule has 0 atom stereocenters. The minimum atomic E-state index is -3.76. The smallest absolute Gasteiger partial charge is 0.279 e. The average molecular weight is 500 g/mol. The lowest BCUT2D eigenvalue weighted by Gasteiger charge is -2.22. The second-order valence-electron chi connectivity index (χ2n) is 7.43. The van der Waals surface area contributed by atoms with Gasteiger partial charge in [-0.2, -0.15) is 4.99 Å². The third-order valence-corrected chi connectivity index (χ3v) is 8.83. The second-order valence-corrected chi connectivity index (χ2v) is 10.7. The van der Waals surface area contributed by atoms with Gasteiger partial charge in [-0.05, 0) is 61.9 Å². The number of fused-ring (bicyclic) bond motifs is 1. The number of rotatable bonds is 5. The number of benzene rings is 3. The maximum absolute atomic E-state index is 13.1. The molecule has 0 N–H and O–H groups in total. The summed E-state index contributed by atoms with van der Waals surface area (Å²) >= 11 is 7.66. The predicted molar refractivity (Wildman–Crippen MR) is 134 cm³/mol. The third-order valence-electron chi connectivity index (χ3n) is 5.32. The van der Waals surface area contributed by atoms with Gasteiger partial charge < -0.3 is 4.57 Å². The Balaban J connectivity index is 1.67. The Kier molecular flexibility index (Phi) is 6.43. The summed E-state index contributed by atoms with van der Waals surface area (Å²) in [4.78, 5) is 17.7. The Morgan fingerprint density at radius 1 is 1.06 bits per heavy atom. The Hall–Kier alpha value is -2.94. The molecule has 4 rings (SSSR count). The molecule has 0 saturated carbocycles. The van der Waals surface area contributed by atoms with Crippen LogP contribution in [0.2, 0.25) is 5.02 Å². The zero-order chi connectivity index (χ0) is 23.8. The van der Waals surface area contributed by atoms with E-state index in [1.165, 1.54) is 39.9 Å². The number of amides is 1. The molecule has 4 aromatic rings. The van der Waals surface area contributed by atoms with Gasteiger partial charge in [0.1, 0.15) is 0 Å². The molecule has 0 unspecified atom stereocenters. The van der Waals surface area contributed by atoms with E-state index < -0.39 is 15.9 Å². The summed E-state index contributed by atoms with van der Waals surface area (Å²) in [5.41, 5.74) is 2.86. The van der Waals surface area contributed by atoms with Crippen molar-refractivity contribution in [3.63, 3.8) is 0 Å². The minimum absolute atomic E-state index is 0.111. The number of carbonyl (C=O) groups is 1. The van der Waals surface area contributed by atoms with Crippen LogP contribution in [0.25, 0.3) is 10.2 Å². The zero-order valence-electron chi connectivity index (χ0n) is 18.3. The average Bonchev–Trinajstić information content (AvgIpc) is 3.14. The van der Waals surface area contributed by atoms with Gasteiger partial charge in [0, 0.05) is 19.2 Å². The van der Waals surface area contributed by atoms with E-state index in [-0.39, 0.29) is 11.4 Å². The van der Waals surface area contributed by atoms with Crippen LogP contribution in [0.5, 0.6) is 0 Å². The molecule has 1 amide bonds. The van der Waals surface area contributed by atoms with Gasteiger partial charge in [-0.3, -0.25) is 9.10 Å². The number of carbonyl (C=O) groups excluding carboxylic acids is 1. The molecule has 9 heteroatoms. The van der Waals surface area contributed by atoms with Gasteiger partial charge in [0.25, 0.3) is 15.9 Å². The van der Waals surface area contributed by atoms with Crippen LogP contribution in [0.1, 0.15) is 22.8 Å². The predicted octanol–water partition coefficient (Wildman–Crippen LogP) is 5.16. The van der Waals surface area contributed by atoms with Gasteiger partial charge in [-0.15, -0.1) is 0 Å². The molecule has 0 aliphatic heterocycles. The van der Waals surface area contributed by atoms with Gasteiger partial charge in [0.15, 0.2) is 4.80 Å². The first-order valence-electron chi connectivity index (χ1n) is 10.3. The lowest BCUT2D eigenvalue weighted by molar-refractivity contribution is 0.0998. The first-order valence-corrected chi connectivity index (χ1v) is 12.9. The number of sulfonamides is 1. The summed E-state index contributed by atoms with van der Waals surface area (Å²) in [5.74, 6) is -0.453. The summed E-state index contributed by atoms with van der Waals surface area (Å²) in [7, 11) is -1.92. The van der Waals surface area contributed by atoms with E-state index in [1.54, 1.807) is 31.2 Å². The molecule has 0 radical (unpaired) electrons. The molecule has 0 fully saturated rings. The number of para-hydroxylation sites is 1. The number of aryl methyl sites for hydroxylation is 2. The van der Waals surface area contributed by atoms with E-state index in [9.17, 15) is 13.2 Å². The summed E-state index contributed by atoms with van der Waals surface area (Å²) in [5, 5.41) is 0.610. The molecule has 170 valence electrons. The van der Waals surface area contributed by atoms with Crippen molar-refractivity contribution in [3.05, 3.63) is 87.7 Å². The van der Waals surface area contributed by atoms with Gasteiger partial charge in [0.05, 0.1) is 25.8 Å². The lowest BCUT2D eigenvalue weighted by atomic mass is 10.2. The topological polar surface area (TPSA) is 71.7 Å². The van der Waals surface area contributed by atoms with Crippen molar-refractivity contribution >= 4 is 54.8 Å². The van der Waals surface area contributed by atoms with Crippen molar-refractivity contribution in [2.75, 3.05) is 10.8 Å². The van der Waals surface area contributed by atoms with E-state index in [4.69, 9.17) is 11.6 Å². The molecule has 6 nitrogen and oxygen atoms in total. The normalized spacial score (nSPS) is 12.3. The molecule has 0 aliphatic rings. The van der Waals surface area contributed by atoms with E-state index in [0.29, 0.717) is 21.1 Å². The second kappa shape index (κ2) is 9.13. The Bertz CT molecular complexity index is 1510. The summed E-state index contributed by atoms with van der Waals surface area (Å²) in [6, 6.07) is 18.5. The SMILES string of the molecule is CCN(c1ccccc1)S(=O)(=O)c1ccc(C(=O)N=c2sc3c(Cl)ccc(C)c3n2C)cc1. The fourth-order valence-electron chi connectivity index (χ4n) is 3.65. The van der Waals surface area contributed by atoms with Gasteiger partial charge in [-0.25, -0.2) is 8.42 Å². The molecular weight excluding hydrogens is 478 g/mol. The standard InChI is InChI=1S/C24H22ClN3O3S2/c1-4-28(18-8-6-5-7-9-18)33(30,31)19-13-11-17(12-14-19)23(29)26-24-27(3)21-16(2)10-15-20(25)22(21)32-24/h5-15H,4H2,1-3H3. The highest BCUT2D eigenvalue weighted by Gasteiger charge is 2.23. The molecule has 0 saturated heterocycles. The van der Waals surface area contributed by atoms with Crippen LogP contribution in [-0.4, -0.2) is 25.4 Å². The van der Waals surface area contributed by atoms with E-state index in [0.717, 1.165) is 15.8 Å². The number of hydrogen-bond acceptors (Lipinski definition) is 4. The maximum atomic E-state index is 13.1. The monoisotopic (exact) mass is 499 g/mol. The fraction of sp³-hybridized carbons (Fsp3) is 0.167. The number of hydrogen-bond donors (Lipinski definition) is 0. The van der Waals surface area contributed by atoms with Crippen LogP contribution in [0, 0.1) is 6.92 Å². The zero-order valence-corrected chi connectivity index (χ0v) is 20.7. The Morgan fingerprint density at radius 3 is 2.33 bits per heavy atom. The molecular formula is C24H22ClN3O3S2. The molecule has 1 heterocycles. The number of aromatic nitrogens is 1. The van der Waals surface area contributed by atoms with Crippen LogP contribution >= 0.6 is 22.9 Å². The van der Waals surface area contributed by atoms with E-state index in [2.05, 4.69) is 4.99 Å². The number of anilines is 1. The molecule has 0 aliphatic carbocycles. The first kappa shape index (κ1) is 23.2. The Morgan fingerprint density at radius 2 is 1.73 bits per heavy atom. The number of nitrogens with zero attached hydrogens (tertiary/aromatic N) is 3. The maximum Gasteiger partial charge on any atom is 0.279 e. The number of halogens is 1. The summed E-state index contributed by atoms with van der Waals surface area (Å²) in [6.45, 7) is 4.04. The van der Waals surface area contributed by atoms with E-state index in [1.807, 2.05) is 36.7 Å². The van der Waals surface area contributed by atoms with Crippen LogP contribution in [0.15, 0.2) is 76.6 Å². The third kappa shape index (κ3) is 4.34. The quantitative estimate of drug-likeness (QED) is 0.381. The lowest BCUT2D eigenvalue weighted by Crippen LogP contribution is -2.30. The minimum Gasteiger partial charge on any atom is -0.319 e. The molecule has 33 heavy (non-hydrogen) atoms. The van der Waals surface area contributed by atoms with Gasteiger partial charge >= 0.3 is 0 Å². The van der Waals surface area contributed by atoms with Crippen molar-refractivity contribution in [1.82, 2.24) is 4.57 Å². The van der Waals surface area contributed by atoms with Crippen LogP contribution in [-0.2, 0) is 17.1 Å². The van der Waals surface area contributed by atoms with Crippen LogP contribution < -0.4 is 9.11 Å². The first-order chi connectivity index (χ1) is 15.7. The fourth-order valence-corrected chi connectivity index (χ4v) is 6.49. The Labute approximate surface area is 201 Å². The molecule has 0 spiro atoms. The largest absolute Gasteiger partial charge is 0.319 e. The summed E-state index contributed by atoms with van der Waals surface area (Å²) in [6.07, 6.45) is 0. The van der Waals surface area contributed by atoms with Gasteiger partial charge in [-0.1, -0.05) is 47.2 Å². The molecule has 1 aromatic heterocycles. The highest BCUT2D eigenvalue weighted by atomic mass is 35.5. The van der Waals surface area contributed by atoms with E-state index >= 15 is 0 Å². The molecule has 0 bridgehead atoms. The summed E-state index contributed by atoms with van der Waals surface area (Å²) < 4.78 is 30.3. The van der Waals surface area contributed by atoms with Crippen LogP contribution in [0.4, 0.5) is 5.69 Å². The highest BCUT2D eigenvalue weighted by molar-refractivity contribution is 7.92. The number of thiazole rings is 1. The molecule has 3 aromatic carbocycles.